The van der Waals surface area contributed by atoms with Crippen molar-refractivity contribution < 1.29 is 33.0 Å². The molecule has 0 bridgehead atoms. The fourth-order valence-electron chi connectivity index (χ4n) is 3.78. The van der Waals surface area contributed by atoms with Crippen molar-refractivity contribution in [2.75, 3.05) is 19.8 Å². The Kier molecular flexibility index (Phi) is 5.32. The molecule has 0 radical (unpaired) electrons. The van der Waals surface area contributed by atoms with E-state index in [1.54, 1.807) is 0 Å². The summed E-state index contributed by atoms with van der Waals surface area (Å²) < 4.78 is 33.1. The van der Waals surface area contributed by atoms with E-state index in [-0.39, 0.29) is 37.6 Å². The number of ether oxygens (including phenoxy) is 1. The molecule has 4 rings (SSSR count). The summed E-state index contributed by atoms with van der Waals surface area (Å²) >= 11 is 0. The third-order valence-electron chi connectivity index (χ3n) is 5.30. The molecule has 0 spiro atoms. The Morgan fingerprint density at radius 2 is 1.87 bits per heavy atom. The quantitative estimate of drug-likeness (QED) is 0.454. The highest BCUT2D eigenvalue weighted by Crippen LogP contribution is 2.33. The molecule has 1 atom stereocenters. The lowest BCUT2D eigenvalue weighted by Crippen LogP contribution is -2.52. The number of fused-ring (bicyclic) bond motifs is 1. The Morgan fingerprint density at radius 3 is 2.52 bits per heavy atom. The van der Waals surface area contributed by atoms with Crippen LogP contribution in [0.2, 0.25) is 0 Å². The molecule has 0 saturated carbocycles. The third kappa shape index (κ3) is 3.70. The number of aliphatic hydroxyl groups excluding tert-OH is 1. The topological polar surface area (TPSA) is 108 Å². The van der Waals surface area contributed by atoms with Gasteiger partial charge in [-0.15, -0.1) is 0 Å². The van der Waals surface area contributed by atoms with E-state index in [0.29, 0.717) is 17.5 Å². The first kappa shape index (κ1) is 20.7. The van der Waals surface area contributed by atoms with Crippen molar-refractivity contribution in [2.45, 2.75) is 18.5 Å². The number of nitrogens with one attached hydrogen (secondary N) is 2. The second-order valence-corrected chi connectivity index (χ2v) is 7.35. The number of hydrogen-bond acceptors (Lipinski definition) is 5. The summed E-state index contributed by atoms with van der Waals surface area (Å²) in [5.41, 5.74) is -0.669. The first-order valence-electron chi connectivity index (χ1n) is 9.59. The molecule has 2 heterocycles. The van der Waals surface area contributed by atoms with Crippen molar-refractivity contribution in [1.82, 2.24) is 15.5 Å². The van der Waals surface area contributed by atoms with Crippen LogP contribution in [-0.2, 0) is 16.9 Å². The van der Waals surface area contributed by atoms with Gasteiger partial charge in [-0.1, -0.05) is 12.1 Å². The van der Waals surface area contributed by atoms with Crippen molar-refractivity contribution in [3.63, 3.8) is 0 Å². The second-order valence-electron chi connectivity index (χ2n) is 7.35. The number of nitrogens with zero attached hydrogens (tertiary/aromatic N) is 1. The largest absolute Gasteiger partial charge is 0.490 e. The van der Waals surface area contributed by atoms with Gasteiger partial charge in [-0.2, -0.15) is 0 Å². The molecule has 1 fully saturated rings. The SMILES string of the molecule is O=C1NC(=O)C(CN2Cc3cc(OCCCO)c(F)cc3C2=O)(c2ccc(F)cc2)N1. The van der Waals surface area contributed by atoms with Gasteiger partial charge in [-0.05, 0) is 35.4 Å². The summed E-state index contributed by atoms with van der Waals surface area (Å²) in [6.45, 7) is -0.148. The minimum absolute atomic E-state index is 0.0398. The van der Waals surface area contributed by atoms with E-state index in [9.17, 15) is 23.2 Å². The van der Waals surface area contributed by atoms with Crippen molar-refractivity contribution in [1.29, 1.82) is 0 Å². The molecule has 8 nitrogen and oxygen atoms in total. The molecule has 2 aromatic carbocycles. The molecule has 2 aliphatic rings. The number of urea groups is 1. The first-order valence-corrected chi connectivity index (χ1v) is 9.59. The summed E-state index contributed by atoms with van der Waals surface area (Å²) in [6, 6.07) is 6.79. The molecule has 2 aliphatic heterocycles. The van der Waals surface area contributed by atoms with Crippen molar-refractivity contribution in [3.05, 3.63) is 64.7 Å². The molecule has 1 unspecified atom stereocenters. The summed E-state index contributed by atoms with van der Waals surface area (Å²) in [5.74, 6) is -2.45. The molecular weight excluding hydrogens is 412 g/mol. The Hall–Kier alpha value is -3.53. The highest BCUT2D eigenvalue weighted by molar-refractivity contribution is 6.08. The fraction of sp³-hybridized carbons (Fsp3) is 0.286. The molecule has 3 N–H and O–H groups in total. The molecule has 1 saturated heterocycles. The number of aliphatic hydroxyl groups is 1. The number of halogens is 2. The molecule has 162 valence electrons. The average Bonchev–Trinajstić information content (AvgIpc) is 3.19. The van der Waals surface area contributed by atoms with Crippen molar-refractivity contribution >= 4 is 17.8 Å². The Balaban J connectivity index is 1.62. The van der Waals surface area contributed by atoms with Gasteiger partial charge in [-0.3, -0.25) is 14.9 Å². The van der Waals surface area contributed by atoms with Crippen LogP contribution in [0.4, 0.5) is 13.6 Å². The number of amides is 4. The van der Waals surface area contributed by atoms with Crippen LogP contribution in [-0.4, -0.2) is 47.6 Å². The minimum atomic E-state index is -1.61. The number of carbonyl (C=O) groups is 3. The van der Waals surface area contributed by atoms with E-state index in [1.807, 2.05) is 0 Å². The molecule has 0 aliphatic carbocycles. The van der Waals surface area contributed by atoms with Crippen LogP contribution in [0.5, 0.6) is 5.75 Å². The fourth-order valence-corrected chi connectivity index (χ4v) is 3.78. The zero-order chi connectivity index (χ0) is 22.2. The minimum Gasteiger partial charge on any atom is -0.490 e. The van der Waals surface area contributed by atoms with Gasteiger partial charge in [-0.25, -0.2) is 13.6 Å². The van der Waals surface area contributed by atoms with Gasteiger partial charge in [0.05, 0.1) is 13.2 Å². The van der Waals surface area contributed by atoms with Gasteiger partial charge < -0.3 is 20.1 Å². The van der Waals surface area contributed by atoms with Crippen LogP contribution in [0.15, 0.2) is 36.4 Å². The monoisotopic (exact) mass is 431 g/mol. The van der Waals surface area contributed by atoms with E-state index in [4.69, 9.17) is 9.84 Å². The van der Waals surface area contributed by atoms with Crippen LogP contribution in [0.25, 0.3) is 0 Å². The first-order chi connectivity index (χ1) is 14.8. The van der Waals surface area contributed by atoms with Crippen molar-refractivity contribution in [3.8, 4) is 5.75 Å². The standard InChI is InChI=1S/C21H19F2N3O5/c22-14-4-2-13(3-5-14)21(19(29)24-20(30)25-21)11-26-10-12-8-17(31-7-1-6-27)16(23)9-15(12)18(26)28/h2-5,8-9,27H,1,6-7,10-11H2,(H2,24,25,29,30). The molecule has 0 aromatic heterocycles. The van der Waals surface area contributed by atoms with Gasteiger partial charge in [0.25, 0.3) is 11.8 Å². The normalized spacial score (nSPS) is 20.0. The molecule has 4 amide bonds. The molecule has 10 heteroatoms. The highest BCUT2D eigenvalue weighted by Gasteiger charge is 2.50. The summed E-state index contributed by atoms with van der Waals surface area (Å²) in [5, 5.41) is 13.5. The lowest BCUT2D eigenvalue weighted by molar-refractivity contribution is -0.124. The summed E-state index contributed by atoms with van der Waals surface area (Å²) in [6.07, 6.45) is 0.330. The van der Waals surface area contributed by atoms with Crippen LogP contribution in [0.1, 0.15) is 27.9 Å². The number of benzene rings is 2. The van der Waals surface area contributed by atoms with Gasteiger partial charge in [0.15, 0.2) is 17.1 Å². The lowest BCUT2D eigenvalue weighted by atomic mass is 9.89. The predicted molar refractivity (Wildman–Crippen MR) is 103 cm³/mol. The maximum absolute atomic E-state index is 14.4. The van der Waals surface area contributed by atoms with Gasteiger partial charge >= 0.3 is 6.03 Å². The van der Waals surface area contributed by atoms with Gasteiger partial charge in [0, 0.05) is 25.1 Å². The lowest BCUT2D eigenvalue weighted by Gasteiger charge is -2.31. The molecular formula is C21H19F2N3O5. The summed E-state index contributed by atoms with van der Waals surface area (Å²) in [7, 11) is 0. The molecule has 31 heavy (non-hydrogen) atoms. The Morgan fingerprint density at radius 1 is 1.13 bits per heavy atom. The second kappa shape index (κ2) is 7.95. The van der Waals surface area contributed by atoms with Gasteiger partial charge in [0.1, 0.15) is 5.82 Å². The maximum atomic E-state index is 14.4. The average molecular weight is 431 g/mol. The number of hydrogen-bond donors (Lipinski definition) is 3. The van der Waals surface area contributed by atoms with E-state index in [2.05, 4.69) is 10.6 Å². The number of imide groups is 1. The predicted octanol–water partition coefficient (Wildman–Crippen LogP) is 1.42. The van der Waals surface area contributed by atoms with E-state index in [1.165, 1.54) is 23.1 Å². The van der Waals surface area contributed by atoms with Crippen LogP contribution >= 0.6 is 0 Å². The van der Waals surface area contributed by atoms with E-state index < -0.39 is 35.0 Å². The maximum Gasteiger partial charge on any atom is 0.322 e. The van der Waals surface area contributed by atoms with Crippen LogP contribution < -0.4 is 15.4 Å². The van der Waals surface area contributed by atoms with Gasteiger partial charge in [0.2, 0.25) is 0 Å². The Labute approximate surface area is 175 Å². The van der Waals surface area contributed by atoms with Crippen molar-refractivity contribution in [2.24, 2.45) is 0 Å². The zero-order valence-corrected chi connectivity index (χ0v) is 16.3. The van der Waals surface area contributed by atoms with E-state index in [0.717, 1.165) is 18.2 Å². The zero-order valence-electron chi connectivity index (χ0n) is 16.3. The van der Waals surface area contributed by atoms with Crippen LogP contribution in [0.3, 0.4) is 0 Å². The summed E-state index contributed by atoms with van der Waals surface area (Å²) in [4.78, 5) is 38.8. The Bertz CT molecular complexity index is 1060. The van der Waals surface area contributed by atoms with E-state index >= 15 is 0 Å². The molecule has 2 aromatic rings. The number of carbonyl (C=O) groups excluding carboxylic acids is 3. The number of rotatable bonds is 7. The van der Waals surface area contributed by atoms with Crippen LogP contribution in [0, 0.1) is 11.6 Å². The highest BCUT2D eigenvalue weighted by atomic mass is 19.1. The third-order valence-corrected chi connectivity index (χ3v) is 5.30. The smallest absolute Gasteiger partial charge is 0.322 e.